The highest BCUT2D eigenvalue weighted by atomic mass is 32.2. The van der Waals surface area contributed by atoms with E-state index in [1.165, 1.54) is 10.4 Å². The topological polar surface area (TPSA) is 90.0 Å². The molecular formula is C30H42F2N4O4S. The molecule has 0 atom stereocenters. The van der Waals surface area contributed by atoms with E-state index in [0.717, 1.165) is 23.3 Å². The lowest BCUT2D eigenvalue weighted by Crippen LogP contribution is -2.52. The van der Waals surface area contributed by atoms with Crippen molar-refractivity contribution in [3.8, 4) is 0 Å². The minimum Gasteiger partial charge on any atom is -0.334 e. The normalized spacial score (nSPS) is 14.5. The van der Waals surface area contributed by atoms with Gasteiger partial charge in [0.2, 0.25) is 15.9 Å². The number of anilines is 1. The fraction of sp³-hybridized carbons (Fsp3) is 0.533. The zero-order valence-corrected chi connectivity index (χ0v) is 25.2. The van der Waals surface area contributed by atoms with Crippen molar-refractivity contribution in [2.75, 3.05) is 37.2 Å². The van der Waals surface area contributed by atoms with Crippen LogP contribution in [0, 0.1) is 24.5 Å². The Morgan fingerprint density at radius 3 is 2.37 bits per heavy atom. The van der Waals surface area contributed by atoms with E-state index in [1.54, 1.807) is 16.7 Å². The second-order valence-corrected chi connectivity index (χ2v) is 13.1. The van der Waals surface area contributed by atoms with Gasteiger partial charge in [0.25, 0.3) is 0 Å². The van der Waals surface area contributed by atoms with Crippen LogP contribution >= 0.6 is 0 Å². The third-order valence-corrected chi connectivity index (χ3v) is 9.43. The summed E-state index contributed by atoms with van der Waals surface area (Å²) in [6.45, 7) is 8.92. The largest absolute Gasteiger partial charge is 0.334 e. The summed E-state index contributed by atoms with van der Waals surface area (Å²) in [6.07, 6.45) is 2.11. The molecule has 11 heteroatoms. The minimum atomic E-state index is -3.59. The number of amides is 3. The number of hydrogen-bond donors (Lipinski definition) is 1. The Balaban J connectivity index is 1.76. The number of halogens is 2. The highest BCUT2D eigenvalue weighted by Crippen LogP contribution is 2.23. The molecule has 1 N–H and O–H groups in total. The average molecular weight is 593 g/mol. The highest BCUT2D eigenvalue weighted by Gasteiger charge is 2.33. The zero-order chi connectivity index (χ0) is 30.2. The molecule has 3 rings (SSSR count). The molecule has 0 aromatic heterocycles. The van der Waals surface area contributed by atoms with Crippen LogP contribution in [0.15, 0.2) is 42.5 Å². The maximum atomic E-state index is 13.8. The van der Waals surface area contributed by atoms with Crippen molar-refractivity contribution in [3.05, 3.63) is 65.2 Å². The van der Waals surface area contributed by atoms with Gasteiger partial charge in [-0.05, 0) is 61.8 Å². The number of aryl methyl sites for hydroxylation is 1. The molecule has 1 aliphatic rings. The van der Waals surface area contributed by atoms with Gasteiger partial charge in [-0.25, -0.2) is 22.0 Å². The van der Waals surface area contributed by atoms with Crippen molar-refractivity contribution >= 4 is 27.6 Å². The van der Waals surface area contributed by atoms with Gasteiger partial charge >= 0.3 is 6.03 Å². The Kier molecular flexibility index (Phi) is 11.7. The summed E-state index contributed by atoms with van der Waals surface area (Å²) in [5.74, 6) is -2.03. The number of hydrogen-bond acceptors (Lipinski definition) is 4. The summed E-state index contributed by atoms with van der Waals surface area (Å²) in [5, 5.41) is 2.60. The van der Waals surface area contributed by atoms with Gasteiger partial charge in [0.05, 0.1) is 12.3 Å². The van der Waals surface area contributed by atoms with Crippen LogP contribution in [0.1, 0.15) is 57.6 Å². The van der Waals surface area contributed by atoms with Crippen molar-refractivity contribution < 1.29 is 26.8 Å². The molecule has 0 unspecified atom stereocenters. The quantitative estimate of drug-likeness (QED) is 0.358. The molecule has 0 aliphatic carbocycles. The molecule has 0 saturated carbocycles. The number of benzene rings is 2. The van der Waals surface area contributed by atoms with E-state index in [2.05, 4.69) is 5.32 Å². The van der Waals surface area contributed by atoms with Crippen LogP contribution in [0.5, 0.6) is 0 Å². The van der Waals surface area contributed by atoms with Gasteiger partial charge < -0.3 is 15.1 Å². The number of nitrogens with one attached hydrogen (secondary N) is 1. The summed E-state index contributed by atoms with van der Waals surface area (Å²) in [5.41, 5.74) is 2.16. The number of likely N-dealkylation sites (tertiary alicyclic amines) is 1. The van der Waals surface area contributed by atoms with E-state index in [1.807, 2.05) is 45.0 Å². The van der Waals surface area contributed by atoms with E-state index in [4.69, 9.17) is 0 Å². The molecular weight excluding hydrogens is 550 g/mol. The number of urea groups is 1. The summed E-state index contributed by atoms with van der Waals surface area (Å²) in [7, 11) is -3.59. The lowest BCUT2D eigenvalue weighted by molar-refractivity contribution is -0.135. The van der Waals surface area contributed by atoms with Crippen molar-refractivity contribution in [2.45, 2.75) is 66.0 Å². The van der Waals surface area contributed by atoms with Gasteiger partial charge in [0.15, 0.2) is 11.6 Å². The van der Waals surface area contributed by atoms with Gasteiger partial charge in [-0.2, -0.15) is 4.31 Å². The summed E-state index contributed by atoms with van der Waals surface area (Å²) < 4.78 is 54.3. The van der Waals surface area contributed by atoms with E-state index in [-0.39, 0.29) is 42.4 Å². The Morgan fingerprint density at radius 2 is 1.76 bits per heavy atom. The first-order valence-corrected chi connectivity index (χ1v) is 15.8. The van der Waals surface area contributed by atoms with Crippen LogP contribution in [0.4, 0.5) is 19.3 Å². The minimum absolute atomic E-state index is 0.0123. The number of sulfonamides is 1. The lowest BCUT2D eigenvalue weighted by Gasteiger charge is -2.39. The summed E-state index contributed by atoms with van der Waals surface area (Å²) in [6, 6.07) is 10.3. The zero-order valence-electron chi connectivity index (χ0n) is 24.4. The van der Waals surface area contributed by atoms with Gasteiger partial charge in [-0.1, -0.05) is 45.0 Å². The first kappa shape index (κ1) is 32.5. The Labute approximate surface area is 242 Å². The van der Waals surface area contributed by atoms with Crippen LogP contribution in [-0.2, 0) is 21.4 Å². The highest BCUT2D eigenvalue weighted by molar-refractivity contribution is 7.89. The van der Waals surface area contributed by atoms with Crippen LogP contribution in [0.2, 0.25) is 0 Å². The predicted molar refractivity (Wildman–Crippen MR) is 157 cm³/mol. The number of piperidine rings is 1. The molecule has 1 fully saturated rings. The van der Waals surface area contributed by atoms with Crippen LogP contribution in [0.3, 0.4) is 0 Å². The number of carbonyl (C=O) groups is 2. The van der Waals surface area contributed by atoms with Crippen LogP contribution < -0.4 is 5.32 Å². The molecule has 0 bridgehead atoms. The summed E-state index contributed by atoms with van der Waals surface area (Å²) in [4.78, 5) is 30.0. The fourth-order valence-electron chi connectivity index (χ4n) is 4.90. The van der Waals surface area contributed by atoms with Crippen LogP contribution in [0.25, 0.3) is 0 Å². The average Bonchev–Trinajstić information content (AvgIpc) is 2.92. The van der Waals surface area contributed by atoms with E-state index >= 15 is 0 Å². The van der Waals surface area contributed by atoms with Crippen molar-refractivity contribution in [3.63, 3.8) is 0 Å². The Morgan fingerprint density at radius 1 is 1.07 bits per heavy atom. The molecule has 1 aliphatic heterocycles. The lowest BCUT2D eigenvalue weighted by atomic mass is 10.0. The predicted octanol–water partition coefficient (Wildman–Crippen LogP) is 5.39. The smallest absolute Gasteiger partial charge is 0.321 e. The second-order valence-electron chi connectivity index (χ2n) is 11.1. The molecule has 1 saturated heterocycles. The summed E-state index contributed by atoms with van der Waals surface area (Å²) >= 11 is 0. The Bertz CT molecular complexity index is 1300. The van der Waals surface area contributed by atoms with Crippen LogP contribution in [-0.4, -0.2) is 72.4 Å². The second kappa shape index (κ2) is 14.7. The molecule has 0 spiro atoms. The van der Waals surface area contributed by atoms with E-state index in [0.29, 0.717) is 45.3 Å². The van der Waals surface area contributed by atoms with Crippen molar-refractivity contribution in [1.29, 1.82) is 0 Å². The van der Waals surface area contributed by atoms with Gasteiger partial charge in [-0.3, -0.25) is 4.79 Å². The molecule has 2 aromatic carbocycles. The Hall–Kier alpha value is -3.05. The molecule has 2 aromatic rings. The molecule has 3 amide bonds. The fourth-order valence-corrected chi connectivity index (χ4v) is 6.36. The molecule has 0 radical (unpaired) electrons. The monoisotopic (exact) mass is 592 g/mol. The standard InChI is InChI=1S/C30H42F2N4O4S/c1-5-18-41(39,40)35(17-12-22(2)3)21-29(37)36(20-24-9-7-6-8-23(24)4)26-13-15-34(16-14-26)30(38)33-25-10-11-27(31)28(32)19-25/h6-11,19,22,26H,5,12-18,20-21H2,1-4H3,(H,33,38). The number of carbonyl (C=O) groups excluding carboxylic acids is 2. The third-order valence-electron chi connectivity index (χ3n) is 7.41. The van der Waals surface area contributed by atoms with Gasteiger partial charge in [-0.15, -0.1) is 0 Å². The van der Waals surface area contributed by atoms with Crippen molar-refractivity contribution in [1.82, 2.24) is 14.1 Å². The number of rotatable bonds is 12. The first-order chi connectivity index (χ1) is 19.4. The SMILES string of the molecule is CCCS(=O)(=O)N(CCC(C)C)CC(=O)N(Cc1ccccc1C)C1CCN(C(=O)Nc2ccc(F)c(F)c2)CC1. The maximum Gasteiger partial charge on any atom is 0.321 e. The van der Waals surface area contributed by atoms with Crippen molar-refractivity contribution in [2.24, 2.45) is 5.92 Å². The number of nitrogens with zero attached hydrogens (tertiary/aromatic N) is 3. The molecule has 1 heterocycles. The third kappa shape index (κ3) is 9.22. The maximum absolute atomic E-state index is 13.8. The van der Waals surface area contributed by atoms with E-state index in [9.17, 15) is 26.8 Å². The molecule has 226 valence electrons. The van der Waals surface area contributed by atoms with Gasteiger partial charge in [0.1, 0.15) is 0 Å². The first-order valence-electron chi connectivity index (χ1n) is 14.2. The van der Waals surface area contributed by atoms with E-state index < -0.39 is 27.7 Å². The molecule has 8 nitrogen and oxygen atoms in total. The molecule has 41 heavy (non-hydrogen) atoms. The van der Waals surface area contributed by atoms with Gasteiger partial charge in [0, 0.05) is 44.0 Å².